The van der Waals surface area contributed by atoms with Crippen molar-refractivity contribution in [2.45, 2.75) is 6.92 Å². The lowest BCUT2D eigenvalue weighted by atomic mass is 10.4. The van der Waals surface area contributed by atoms with Gasteiger partial charge in [0.1, 0.15) is 0 Å². The first-order valence-electron chi connectivity index (χ1n) is 3.18. The Morgan fingerprint density at radius 2 is 1.64 bits per heavy atom. The van der Waals surface area contributed by atoms with Gasteiger partial charge in [0.05, 0.1) is 10.6 Å². The average Bonchev–Trinajstić information content (AvgIpc) is 2.04. The van der Waals surface area contributed by atoms with Crippen LogP contribution in [0.1, 0.15) is 6.92 Å². The normalized spacial score (nSPS) is 6.14. The van der Waals surface area contributed by atoms with E-state index in [0.29, 0.717) is 5.57 Å². The predicted octanol–water partition coefficient (Wildman–Crippen LogP) is 3.28. The molecular weight excluding hydrogens is 225 g/mol. The Balaban J connectivity index is -0.000000131. The van der Waals surface area contributed by atoms with E-state index in [1.807, 2.05) is 6.07 Å². The smallest absolute Gasteiger partial charge is 0.327 e. The molecular formula is C9H11Cl2NO2. The maximum atomic E-state index is 9.25. The molecule has 0 aromatic rings. The third kappa shape index (κ3) is 135. The van der Waals surface area contributed by atoms with Gasteiger partial charge in [-0.15, -0.1) is 0 Å². The van der Waals surface area contributed by atoms with Crippen LogP contribution in [0.25, 0.3) is 0 Å². The highest BCUT2D eigenvalue weighted by Crippen LogP contribution is 1.98. The number of halogens is 2. The Morgan fingerprint density at radius 1 is 1.50 bits per heavy atom. The van der Waals surface area contributed by atoms with Crippen molar-refractivity contribution >= 4 is 29.2 Å². The van der Waals surface area contributed by atoms with Gasteiger partial charge < -0.3 is 5.11 Å². The molecule has 0 bridgehead atoms. The van der Waals surface area contributed by atoms with E-state index in [2.05, 4.69) is 19.7 Å². The van der Waals surface area contributed by atoms with E-state index in [-0.39, 0.29) is 4.49 Å². The summed E-state index contributed by atoms with van der Waals surface area (Å²) in [6, 6.07) is 1.83. The van der Waals surface area contributed by atoms with E-state index in [9.17, 15) is 4.79 Å². The molecule has 0 amide bonds. The molecule has 0 heterocycles. The zero-order chi connectivity index (χ0) is 12.1. The number of hydrogen-bond donors (Lipinski definition) is 1. The summed E-state index contributed by atoms with van der Waals surface area (Å²) < 4.78 is 0.111. The fraction of sp³-hybridized carbons (Fsp3) is 0.111. The van der Waals surface area contributed by atoms with Crippen LogP contribution >= 0.6 is 23.2 Å². The van der Waals surface area contributed by atoms with Crippen molar-refractivity contribution in [3.05, 3.63) is 35.9 Å². The van der Waals surface area contributed by atoms with Gasteiger partial charge in [0.2, 0.25) is 0 Å². The second-order valence-electron chi connectivity index (χ2n) is 1.77. The molecule has 0 fully saturated rings. The first-order valence-corrected chi connectivity index (χ1v) is 3.94. The summed E-state index contributed by atoms with van der Waals surface area (Å²) >= 11 is 9.69. The van der Waals surface area contributed by atoms with Crippen molar-refractivity contribution < 1.29 is 9.90 Å². The van der Waals surface area contributed by atoms with E-state index in [1.165, 1.54) is 0 Å². The van der Waals surface area contributed by atoms with Gasteiger partial charge in [0, 0.05) is 11.6 Å². The fourth-order valence-electron chi connectivity index (χ4n) is 0. The minimum absolute atomic E-state index is 0.111. The van der Waals surface area contributed by atoms with E-state index in [1.54, 1.807) is 6.92 Å². The summed E-state index contributed by atoms with van der Waals surface area (Å²) in [5.74, 6) is -0.981. The summed E-state index contributed by atoms with van der Waals surface area (Å²) in [4.78, 5) is 9.25. The van der Waals surface area contributed by atoms with Crippen LogP contribution in [0.4, 0.5) is 0 Å². The maximum Gasteiger partial charge on any atom is 0.327 e. The molecule has 0 unspecified atom stereocenters. The van der Waals surface area contributed by atoms with E-state index < -0.39 is 5.97 Å². The van der Waals surface area contributed by atoms with E-state index in [0.717, 1.165) is 6.08 Å². The molecule has 0 aliphatic carbocycles. The third-order valence-electron chi connectivity index (χ3n) is 0.365. The lowest BCUT2D eigenvalue weighted by Gasteiger charge is -1.64. The van der Waals surface area contributed by atoms with Gasteiger partial charge in [-0.1, -0.05) is 42.9 Å². The molecule has 5 heteroatoms. The van der Waals surface area contributed by atoms with Crippen LogP contribution in [0.3, 0.4) is 0 Å². The maximum absolute atomic E-state index is 9.25. The van der Waals surface area contributed by atoms with Crippen molar-refractivity contribution in [1.82, 2.24) is 0 Å². The van der Waals surface area contributed by atoms with Crippen molar-refractivity contribution in [2.24, 2.45) is 0 Å². The highest BCUT2D eigenvalue weighted by atomic mass is 35.5. The molecule has 0 atom stereocenters. The van der Waals surface area contributed by atoms with Gasteiger partial charge >= 0.3 is 5.97 Å². The fourth-order valence-corrected chi connectivity index (χ4v) is 0. The highest BCUT2D eigenvalue weighted by molar-refractivity contribution is 6.55. The molecule has 0 aromatic heterocycles. The molecule has 0 aromatic carbocycles. The summed E-state index contributed by atoms with van der Waals surface area (Å²) in [7, 11) is 0. The van der Waals surface area contributed by atoms with Crippen molar-refractivity contribution in [3.8, 4) is 6.07 Å². The lowest BCUT2D eigenvalue weighted by Crippen LogP contribution is -1.82. The molecule has 3 nitrogen and oxygen atoms in total. The Hall–Kier alpha value is -1.24. The third-order valence-corrected chi connectivity index (χ3v) is 0.365. The lowest BCUT2D eigenvalue weighted by molar-refractivity contribution is -0.131. The number of nitrogens with zero attached hydrogens (tertiary/aromatic N) is 1. The van der Waals surface area contributed by atoms with E-state index in [4.69, 9.17) is 33.6 Å². The van der Waals surface area contributed by atoms with Gasteiger partial charge in [-0.25, -0.2) is 4.79 Å². The zero-order valence-corrected chi connectivity index (χ0v) is 9.27. The number of carboxylic acid groups (broad SMARTS) is 1. The summed E-state index contributed by atoms with van der Waals surface area (Å²) in [5, 5.41) is 15.4. The number of carboxylic acids is 1. The number of rotatable bonds is 1. The van der Waals surface area contributed by atoms with Gasteiger partial charge in [0.15, 0.2) is 0 Å². The van der Waals surface area contributed by atoms with Gasteiger partial charge in [-0.3, -0.25) is 0 Å². The van der Waals surface area contributed by atoms with Gasteiger partial charge in [0.25, 0.3) is 0 Å². The van der Waals surface area contributed by atoms with Crippen LogP contribution in [0.15, 0.2) is 35.9 Å². The van der Waals surface area contributed by atoms with Gasteiger partial charge in [-0.2, -0.15) is 5.26 Å². The molecule has 0 aliphatic rings. The average molecular weight is 236 g/mol. The minimum Gasteiger partial charge on any atom is -0.478 e. The number of allylic oxidation sites excluding steroid dienone is 1. The molecule has 0 radical (unpaired) electrons. The number of nitriles is 1. The SMILES string of the molecule is C=C(C)C#N.C=C(Cl)Cl.C=CC(=O)O. The number of carbonyl (C=O) groups is 1. The molecule has 1 N–H and O–H groups in total. The predicted molar refractivity (Wildman–Crippen MR) is 59.1 cm³/mol. The Kier molecular flexibility index (Phi) is 18.9. The molecule has 0 saturated heterocycles. The van der Waals surface area contributed by atoms with Crippen LogP contribution in [0.2, 0.25) is 0 Å². The minimum atomic E-state index is -0.981. The second-order valence-corrected chi connectivity index (χ2v) is 2.88. The first-order chi connectivity index (χ1) is 6.27. The Morgan fingerprint density at radius 3 is 1.64 bits per heavy atom. The number of aliphatic carboxylic acids is 1. The van der Waals surface area contributed by atoms with Crippen molar-refractivity contribution in [2.75, 3.05) is 0 Å². The van der Waals surface area contributed by atoms with Crippen LogP contribution in [0, 0.1) is 11.3 Å². The van der Waals surface area contributed by atoms with Crippen LogP contribution < -0.4 is 0 Å². The standard InChI is InChI=1S/C4H5N.C3H4O2.C2H2Cl2/c1-4(2)3-5;1-2-3(4)5;1-2(3)4/h1H2,2H3;2H,1H2,(H,4,5);1H2. The van der Waals surface area contributed by atoms with Crippen LogP contribution in [0.5, 0.6) is 0 Å². The second kappa shape index (κ2) is 14.3. The van der Waals surface area contributed by atoms with Crippen molar-refractivity contribution in [1.29, 1.82) is 5.26 Å². The Labute approximate surface area is 93.6 Å². The van der Waals surface area contributed by atoms with Crippen LogP contribution in [-0.4, -0.2) is 11.1 Å². The van der Waals surface area contributed by atoms with E-state index >= 15 is 0 Å². The molecule has 78 valence electrons. The van der Waals surface area contributed by atoms with Crippen molar-refractivity contribution in [3.63, 3.8) is 0 Å². The van der Waals surface area contributed by atoms with Gasteiger partial charge in [-0.05, 0) is 6.92 Å². The molecule has 0 aliphatic heterocycles. The molecule has 14 heavy (non-hydrogen) atoms. The quantitative estimate of drug-likeness (QED) is 0.561. The monoisotopic (exact) mass is 235 g/mol. The zero-order valence-electron chi connectivity index (χ0n) is 7.76. The molecule has 0 saturated carbocycles. The topological polar surface area (TPSA) is 61.1 Å². The Bertz CT molecular complexity index is 250. The summed E-state index contributed by atoms with van der Waals surface area (Å²) in [6.07, 6.45) is 0.833. The summed E-state index contributed by atoms with van der Waals surface area (Å²) in [6.45, 7) is 11.0. The summed E-state index contributed by atoms with van der Waals surface area (Å²) in [5.41, 5.74) is 0.560. The molecule has 0 spiro atoms. The first kappa shape index (κ1) is 18.5. The number of hydrogen-bond acceptors (Lipinski definition) is 2. The molecule has 0 rings (SSSR count). The highest BCUT2D eigenvalue weighted by Gasteiger charge is 1.73. The largest absolute Gasteiger partial charge is 0.478 e. The van der Waals surface area contributed by atoms with Crippen LogP contribution in [-0.2, 0) is 4.79 Å².